The second kappa shape index (κ2) is 7.96. The maximum atomic E-state index is 11.9. The number of nitrogens with one attached hydrogen (secondary N) is 1. The second-order valence-corrected chi connectivity index (χ2v) is 7.57. The molecule has 1 aromatic carbocycles. The molecule has 1 amide bonds. The quantitative estimate of drug-likeness (QED) is 0.451. The van der Waals surface area contributed by atoms with Crippen LogP contribution in [0.1, 0.15) is 12.0 Å². The lowest BCUT2D eigenvalue weighted by atomic mass is 10.1. The van der Waals surface area contributed by atoms with E-state index in [-0.39, 0.29) is 17.4 Å². The number of hydrogen-bond donors (Lipinski definition) is 1. The highest BCUT2D eigenvalue weighted by Crippen LogP contribution is 2.27. The van der Waals surface area contributed by atoms with Crippen molar-refractivity contribution < 1.29 is 22.7 Å². The molecule has 1 fully saturated rings. The number of amides is 1. The number of benzene rings is 1. The topological polar surface area (TPSA) is 94.1 Å². The van der Waals surface area contributed by atoms with Crippen LogP contribution in [0.5, 0.6) is 11.5 Å². The molecule has 0 radical (unpaired) electrons. The smallest absolute Gasteiger partial charge is 0.244 e. The maximum Gasteiger partial charge on any atom is 0.244 e. The molecule has 0 unspecified atom stereocenters. The lowest BCUT2D eigenvalue weighted by molar-refractivity contribution is -0.124. The molecule has 1 N–H and O–H groups in total. The Morgan fingerprint density at radius 2 is 2.25 bits per heavy atom. The molecule has 24 heavy (non-hydrogen) atoms. The number of rotatable bonds is 7. The van der Waals surface area contributed by atoms with Gasteiger partial charge in [-0.25, -0.2) is 13.8 Å². The molecule has 2 rings (SSSR count). The summed E-state index contributed by atoms with van der Waals surface area (Å²) >= 11 is 0. The van der Waals surface area contributed by atoms with E-state index in [1.165, 1.54) is 13.3 Å². The van der Waals surface area contributed by atoms with Crippen LogP contribution in [0.15, 0.2) is 36.0 Å². The zero-order valence-electron chi connectivity index (χ0n) is 13.4. The van der Waals surface area contributed by atoms with Gasteiger partial charge in [-0.05, 0) is 30.2 Å². The zero-order chi connectivity index (χ0) is 17.6. The summed E-state index contributed by atoms with van der Waals surface area (Å²) in [6.07, 6.45) is 3.43. The molecular formula is C16H20N2O5S. The van der Waals surface area contributed by atoms with E-state index < -0.39 is 15.8 Å². The molecule has 1 saturated heterocycles. The summed E-state index contributed by atoms with van der Waals surface area (Å²) < 4.78 is 33.4. The highest BCUT2D eigenvalue weighted by Gasteiger charge is 2.32. The maximum absolute atomic E-state index is 11.9. The average Bonchev–Trinajstić information content (AvgIpc) is 2.93. The van der Waals surface area contributed by atoms with Crippen molar-refractivity contribution in [3.05, 3.63) is 36.4 Å². The Labute approximate surface area is 141 Å². The number of hydrazone groups is 1. The molecule has 1 aliphatic heterocycles. The number of methoxy groups -OCH3 is 1. The van der Waals surface area contributed by atoms with Crippen molar-refractivity contribution in [2.75, 3.05) is 25.2 Å². The van der Waals surface area contributed by atoms with Crippen molar-refractivity contribution in [2.24, 2.45) is 11.0 Å². The summed E-state index contributed by atoms with van der Waals surface area (Å²) in [5, 5.41) is 3.87. The van der Waals surface area contributed by atoms with Crippen molar-refractivity contribution in [1.82, 2.24) is 5.43 Å². The Bertz CT molecular complexity index is 743. The number of carbonyl (C=O) groups excluding carboxylic acids is 1. The molecule has 130 valence electrons. The van der Waals surface area contributed by atoms with Crippen LogP contribution < -0.4 is 14.9 Å². The summed E-state index contributed by atoms with van der Waals surface area (Å²) in [5.74, 6) is 0.140. The van der Waals surface area contributed by atoms with Gasteiger partial charge in [0.2, 0.25) is 5.91 Å². The fourth-order valence-electron chi connectivity index (χ4n) is 2.30. The fourth-order valence-corrected chi connectivity index (χ4v) is 4.04. The van der Waals surface area contributed by atoms with Gasteiger partial charge in [-0.1, -0.05) is 12.7 Å². The minimum Gasteiger partial charge on any atom is -0.493 e. The Morgan fingerprint density at radius 3 is 2.88 bits per heavy atom. The molecular weight excluding hydrogens is 332 g/mol. The van der Waals surface area contributed by atoms with Gasteiger partial charge in [-0.2, -0.15) is 5.10 Å². The van der Waals surface area contributed by atoms with Gasteiger partial charge in [0.1, 0.15) is 6.61 Å². The summed E-state index contributed by atoms with van der Waals surface area (Å²) in [5.41, 5.74) is 3.08. The van der Waals surface area contributed by atoms with E-state index in [0.29, 0.717) is 30.1 Å². The predicted molar refractivity (Wildman–Crippen MR) is 91.2 cm³/mol. The highest BCUT2D eigenvalue weighted by atomic mass is 32.2. The van der Waals surface area contributed by atoms with Crippen molar-refractivity contribution in [1.29, 1.82) is 0 Å². The van der Waals surface area contributed by atoms with Crippen LogP contribution in [-0.4, -0.2) is 45.8 Å². The monoisotopic (exact) mass is 352 g/mol. The fraction of sp³-hybridized carbons (Fsp3) is 0.375. The Kier molecular flexibility index (Phi) is 5.97. The SMILES string of the molecule is C=CCOc1ccc(/C=N\NC(=O)[C@H]2CCS(=O)(=O)C2)cc1OC. The molecule has 7 nitrogen and oxygen atoms in total. The number of hydrogen-bond acceptors (Lipinski definition) is 6. The Balaban J connectivity index is 1.96. The minimum absolute atomic E-state index is 0.0537. The molecule has 8 heteroatoms. The van der Waals surface area contributed by atoms with Gasteiger partial charge in [0, 0.05) is 0 Å². The normalized spacial score (nSPS) is 19.1. The van der Waals surface area contributed by atoms with E-state index in [2.05, 4.69) is 17.1 Å². The molecule has 1 heterocycles. The third-order valence-electron chi connectivity index (χ3n) is 3.54. The predicted octanol–water partition coefficient (Wildman–Crippen LogP) is 1.14. The van der Waals surface area contributed by atoms with Crippen molar-refractivity contribution >= 4 is 22.0 Å². The molecule has 0 spiro atoms. The number of ether oxygens (including phenoxy) is 2. The van der Waals surface area contributed by atoms with Crippen LogP contribution in [-0.2, 0) is 14.6 Å². The van der Waals surface area contributed by atoms with Crippen LogP contribution in [0.4, 0.5) is 0 Å². The molecule has 0 saturated carbocycles. The lowest BCUT2D eigenvalue weighted by Gasteiger charge is -2.09. The summed E-state index contributed by atoms with van der Waals surface area (Å²) in [6.45, 7) is 3.95. The molecule has 1 aliphatic rings. The van der Waals surface area contributed by atoms with E-state index in [0.717, 1.165) is 0 Å². The molecule has 1 atom stereocenters. The van der Waals surface area contributed by atoms with Gasteiger partial charge < -0.3 is 9.47 Å². The minimum atomic E-state index is -3.09. The van der Waals surface area contributed by atoms with E-state index in [1.54, 1.807) is 24.3 Å². The van der Waals surface area contributed by atoms with E-state index in [1.807, 2.05) is 0 Å². The summed E-state index contributed by atoms with van der Waals surface area (Å²) in [4.78, 5) is 11.9. The van der Waals surface area contributed by atoms with E-state index in [4.69, 9.17) is 9.47 Å². The standard InChI is InChI=1S/C16H20N2O5S/c1-3-7-23-14-5-4-12(9-15(14)22-2)10-17-18-16(19)13-6-8-24(20,21)11-13/h3-5,9-10,13H,1,6-8,11H2,2H3,(H,18,19)/b17-10-/t13-/m0/s1. The third kappa shape index (κ3) is 4.82. The van der Waals surface area contributed by atoms with Gasteiger partial charge in [0.05, 0.1) is 30.7 Å². The number of carbonyl (C=O) groups is 1. The lowest BCUT2D eigenvalue weighted by Crippen LogP contribution is -2.27. The van der Waals surface area contributed by atoms with Crippen molar-refractivity contribution in [3.8, 4) is 11.5 Å². The first kappa shape index (κ1) is 18.0. The number of sulfone groups is 1. The molecule has 0 aromatic heterocycles. The molecule has 0 bridgehead atoms. The Morgan fingerprint density at radius 1 is 1.46 bits per heavy atom. The average molecular weight is 352 g/mol. The van der Waals surface area contributed by atoms with E-state index >= 15 is 0 Å². The number of nitrogens with zero attached hydrogens (tertiary/aromatic N) is 1. The van der Waals surface area contributed by atoms with Crippen molar-refractivity contribution in [2.45, 2.75) is 6.42 Å². The summed E-state index contributed by atoms with van der Waals surface area (Å²) in [6, 6.07) is 5.21. The second-order valence-electron chi connectivity index (χ2n) is 5.34. The van der Waals surface area contributed by atoms with Gasteiger partial charge >= 0.3 is 0 Å². The van der Waals surface area contributed by atoms with Gasteiger partial charge in [0.15, 0.2) is 21.3 Å². The van der Waals surface area contributed by atoms with Crippen molar-refractivity contribution in [3.63, 3.8) is 0 Å². The zero-order valence-corrected chi connectivity index (χ0v) is 14.2. The van der Waals surface area contributed by atoms with Gasteiger partial charge in [0.25, 0.3) is 0 Å². The van der Waals surface area contributed by atoms with Gasteiger partial charge in [-0.3, -0.25) is 4.79 Å². The highest BCUT2D eigenvalue weighted by molar-refractivity contribution is 7.91. The van der Waals surface area contributed by atoms with E-state index in [9.17, 15) is 13.2 Å². The summed E-state index contributed by atoms with van der Waals surface area (Å²) in [7, 11) is -1.56. The van der Waals surface area contributed by atoms with Crippen LogP contribution >= 0.6 is 0 Å². The van der Waals surface area contributed by atoms with Crippen LogP contribution in [0, 0.1) is 5.92 Å². The third-order valence-corrected chi connectivity index (χ3v) is 5.30. The Hall–Kier alpha value is -2.35. The van der Waals surface area contributed by atoms with Crippen LogP contribution in [0.25, 0.3) is 0 Å². The van der Waals surface area contributed by atoms with Crippen LogP contribution in [0.3, 0.4) is 0 Å². The first-order chi connectivity index (χ1) is 11.4. The first-order valence-electron chi connectivity index (χ1n) is 7.40. The molecule has 1 aromatic rings. The van der Waals surface area contributed by atoms with Crippen LogP contribution in [0.2, 0.25) is 0 Å². The molecule has 0 aliphatic carbocycles. The largest absolute Gasteiger partial charge is 0.493 e. The van der Waals surface area contributed by atoms with Gasteiger partial charge in [-0.15, -0.1) is 0 Å². The first-order valence-corrected chi connectivity index (χ1v) is 9.22.